The summed E-state index contributed by atoms with van der Waals surface area (Å²) in [7, 11) is -3.47. The number of fused-ring (bicyclic) bond motifs is 3. The van der Waals surface area contributed by atoms with Gasteiger partial charge in [-0.25, -0.2) is 18.4 Å². The van der Waals surface area contributed by atoms with Gasteiger partial charge in [0.1, 0.15) is 0 Å². The van der Waals surface area contributed by atoms with E-state index in [0.717, 1.165) is 22.9 Å². The summed E-state index contributed by atoms with van der Waals surface area (Å²) in [4.78, 5) is 23.2. The van der Waals surface area contributed by atoms with Crippen molar-refractivity contribution in [3.8, 4) is 0 Å². The van der Waals surface area contributed by atoms with Crippen molar-refractivity contribution in [2.24, 2.45) is 5.92 Å². The third-order valence-corrected chi connectivity index (χ3v) is 7.30. The lowest BCUT2D eigenvalue weighted by atomic mass is 9.97. The van der Waals surface area contributed by atoms with E-state index in [4.69, 9.17) is 0 Å². The van der Waals surface area contributed by atoms with Gasteiger partial charge >= 0.3 is 0 Å². The van der Waals surface area contributed by atoms with Crippen LogP contribution in [0.3, 0.4) is 0 Å². The molecule has 0 aliphatic carbocycles. The van der Waals surface area contributed by atoms with Gasteiger partial charge in [0.25, 0.3) is 0 Å². The topological polar surface area (TPSA) is 105 Å². The summed E-state index contributed by atoms with van der Waals surface area (Å²) in [5, 5.41) is 10.6. The van der Waals surface area contributed by atoms with Gasteiger partial charge in [-0.2, -0.15) is 0 Å². The van der Waals surface area contributed by atoms with Crippen LogP contribution in [0.25, 0.3) is 10.9 Å². The number of Topliss-reactive ketones (excluding diaryl/α,β-unsaturated/α-hetero) is 1. The number of aryl methyl sites for hydroxylation is 1. The van der Waals surface area contributed by atoms with Crippen molar-refractivity contribution in [3.63, 3.8) is 0 Å². The molecule has 32 heavy (non-hydrogen) atoms. The quantitative estimate of drug-likeness (QED) is 0.588. The molecule has 3 aromatic rings. The molecule has 4 rings (SSSR count). The molecule has 0 radical (unpaired) electrons. The zero-order chi connectivity index (χ0) is 23.4. The molecule has 0 fully saturated rings. The average molecular weight is 457 g/mol. The highest BCUT2D eigenvalue weighted by Gasteiger charge is 2.33. The predicted octanol–water partition coefficient (Wildman–Crippen LogP) is 3.06. The molecule has 1 aromatic carbocycles. The lowest BCUT2D eigenvalue weighted by Crippen LogP contribution is -2.41. The molecule has 1 unspecified atom stereocenters. The fourth-order valence-electron chi connectivity index (χ4n) is 4.69. The van der Waals surface area contributed by atoms with Crippen molar-refractivity contribution < 1.29 is 18.3 Å². The summed E-state index contributed by atoms with van der Waals surface area (Å²) in [6, 6.07) is 5.47. The summed E-state index contributed by atoms with van der Waals surface area (Å²) in [6.07, 6.45) is 2.75. The second-order valence-electron chi connectivity index (χ2n) is 8.78. The number of nitrogens with zero attached hydrogens (tertiary/aromatic N) is 4. The number of hydrogen-bond donors (Lipinski definition) is 1. The van der Waals surface area contributed by atoms with Gasteiger partial charge in [0.2, 0.25) is 5.95 Å². The fourth-order valence-corrected chi connectivity index (χ4v) is 5.62. The zero-order valence-electron chi connectivity index (χ0n) is 19.0. The summed E-state index contributed by atoms with van der Waals surface area (Å²) in [6.45, 7) is 8.53. The molecule has 1 atom stereocenters. The maximum Gasteiger partial charge on any atom is 0.226 e. The highest BCUT2D eigenvalue weighted by Crippen LogP contribution is 2.39. The molecule has 1 N–H and O–H groups in total. The number of anilines is 1. The Bertz CT molecular complexity index is 1330. The normalized spacial score (nSPS) is 16.6. The van der Waals surface area contributed by atoms with Crippen molar-refractivity contribution in [3.05, 3.63) is 46.9 Å². The number of benzene rings is 1. The molecule has 170 valence electrons. The molecule has 0 spiro atoms. The Morgan fingerprint density at radius 1 is 1.25 bits per heavy atom. The number of carbonyl (C=O) groups is 1. The molecule has 8 nitrogen and oxygen atoms in total. The number of carbonyl (C=O) groups excluding carboxylic acids is 1. The monoisotopic (exact) mass is 456 g/mol. The Kier molecular flexibility index (Phi) is 5.58. The van der Waals surface area contributed by atoms with Crippen LogP contribution < -0.4 is 4.90 Å². The van der Waals surface area contributed by atoms with E-state index >= 15 is 0 Å². The number of sulfone groups is 1. The summed E-state index contributed by atoms with van der Waals surface area (Å²) < 4.78 is 26.7. The molecule has 3 heterocycles. The predicted molar refractivity (Wildman–Crippen MR) is 123 cm³/mol. The smallest absolute Gasteiger partial charge is 0.226 e. The third-order valence-electron chi connectivity index (χ3n) is 6.12. The number of rotatable bonds is 5. The van der Waals surface area contributed by atoms with Crippen molar-refractivity contribution in [2.75, 3.05) is 17.7 Å². The van der Waals surface area contributed by atoms with Crippen LogP contribution in [0.5, 0.6) is 0 Å². The largest absolute Gasteiger partial charge is 0.392 e. The third kappa shape index (κ3) is 3.69. The number of hydrogen-bond acceptors (Lipinski definition) is 7. The Morgan fingerprint density at radius 3 is 2.53 bits per heavy atom. The van der Waals surface area contributed by atoms with Gasteiger partial charge in [0.15, 0.2) is 15.6 Å². The average Bonchev–Trinajstić information content (AvgIpc) is 3.08. The number of aromatic nitrogens is 3. The Labute approximate surface area is 187 Å². The van der Waals surface area contributed by atoms with E-state index in [1.165, 1.54) is 6.92 Å². The van der Waals surface area contributed by atoms with Crippen LogP contribution in [0.15, 0.2) is 29.3 Å². The van der Waals surface area contributed by atoms with Crippen LogP contribution in [0.2, 0.25) is 0 Å². The lowest BCUT2D eigenvalue weighted by Gasteiger charge is -2.39. The van der Waals surface area contributed by atoms with E-state index in [9.17, 15) is 18.3 Å². The molecule has 2 aromatic heterocycles. The molecule has 9 heteroatoms. The maximum atomic E-state index is 12.3. The Hall–Kier alpha value is -2.78. The van der Waals surface area contributed by atoms with Gasteiger partial charge < -0.3 is 14.6 Å². The molecule has 0 saturated carbocycles. The van der Waals surface area contributed by atoms with E-state index in [2.05, 4.69) is 39.3 Å². The van der Waals surface area contributed by atoms with Crippen LogP contribution in [0, 0.1) is 12.8 Å². The number of ketones is 1. The van der Waals surface area contributed by atoms with Crippen molar-refractivity contribution in [1.29, 1.82) is 0 Å². The summed E-state index contributed by atoms with van der Waals surface area (Å²) in [5.41, 5.74) is 3.46. The molecule has 1 aliphatic rings. The first-order valence-electron chi connectivity index (χ1n) is 10.6. The van der Waals surface area contributed by atoms with Crippen molar-refractivity contribution in [2.45, 2.75) is 51.8 Å². The second-order valence-corrected chi connectivity index (χ2v) is 10.8. The van der Waals surface area contributed by atoms with Crippen LogP contribution in [0.1, 0.15) is 54.1 Å². The highest BCUT2D eigenvalue weighted by atomic mass is 32.2. The Morgan fingerprint density at radius 2 is 1.97 bits per heavy atom. The van der Waals surface area contributed by atoms with Crippen LogP contribution in [-0.4, -0.2) is 46.6 Å². The maximum absolute atomic E-state index is 12.3. The SMILES string of the molecule is CC(=O)c1cnc(N2CCn3c(cc4cc(CO)c(S(C)(=O)=O)cc43)C2C(C)C)nc1C. The van der Waals surface area contributed by atoms with E-state index in [-0.39, 0.29) is 29.2 Å². The summed E-state index contributed by atoms with van der Waals surface area (Å²) >= 11 is 0. The first-order valence-corrected chi connectivity index (χ1v) is 12.5. The van der Waals surface area contributed by atoms with Gasteiger partial charge in [-0.05, 0) is 43.5 Å². The molecule has 0 saturated heterocycles. The fraction of sp³-hybridized carbons (Fsp3) is 0.435. The summed E-state index contributed by atoms with van der Waals surface area (Å²) in [5.74, 6) is 0.742. The van der Waals surface area contributed by atoms with Gasteiger partial charge in [0, 0.05) is 42.1 Å². The Balaban J connectivity index is 1.86. The van der Waals surface area contributed by atoms with Gasteiger partial charge in [-0.3, -0.25) is 4.79 Å². The van der Waals surface area contributed by atoms with Crippen LogP contribution >= 0.6 is 0 Å². The number of aliphatic hydroxyl groups is 1. The lowest BCUT2D eigenvalue weighted by molar-refractivity contribution is 0.101. The van der Waals surface area contributed by atoms with Gasteiger partial charge in [-0.1, -0.05) is 13.8 Å². The van der Waals surface area contributed by atoms with E-state index in [1.807, 2.05) is 6.92 Å². The van der Waals surface area contributed by atoms with Gasteiger partial charge in [-0.15, -0.1) is 0 Å². The molecule has 1 aliphatic heterocycles. The molecular weight excluding hydrogens is 428 g/mol. The minimum absolute atomic E-state index is 0.0296. The molecule has 0 amide bonds. The number of aliphatic hydroxyl groups excluding tert-OH is 1. The minimum atomic E-state index is -3.47. The first kappa shape index (κ1) is 22.4. The molecular formula is C23H28N4O4S. The van der Waals surface area contributed by atoms with Gasteiger partial charge in [0.05, 0.1) is 28.8 Å². The first-order chi connectivity index (χ1) is 15.0. The second kappa shape index (κ2) is 7.97. The van der Waals surface area contributed by atoms with E-state index < -0.39 is 9.84 Å². The zero-order valence-corrected chi connectivity index (χ0v) is 19.8. The highest BCUT2D eigenvalue weighted by molar-refractivity contribution is 7.90. The molecule has 0 bridgehead atoms. The van der Waals surface area contributed by atoms with Crippen molar-refractivity contribution >= 4 is 32.5 Å². The van der Waals surface area contributed by atoms with Crippen LogP contribution in [-0.2, 0) is 23.0 Å². The van der Waals surface area contributed by atoms with E-state index in [0.29, 0.717) is 35.9 Å². The standard InChI is InChI=1S/C23H28N4O4S/c1-13(2)22-20-9-16-8-17(12-28)21(32(5,30)31)10-19(16)26(20)6-7-27(22)23-24-11-18(15(4)29)14(3)25-23/h8-11,13,22,28H,6-7,12H2,1-5H3. The van der Waals surface area contributed by atoms with Crippen LogP contribution in [0.4, 0.5) is 5.95 Å². The minimum Gasteiger partial charge on any atom is -0.392 e. The van der Waals surface area contributed by atoms with Crippen molar-refractivity contribution in [1.82, 2.24) is 14.5 Å². The van der Waals surface area contributed by atoms with E-state index in [1.54, 1.807) is 18.3 Å².